The molecule has 0 unspecified atom stereocenters. The number of nitrogens with zero attached hydrogens (tertiary/aromatic N) is 3. The van der Waals surface area contributed by atoms with Gasteiger partial charge in [0.25, 0.3) is 17.1 Å². The summed E-state index contributed by atoms with van der Waals surface area (Å²) in [6.45, 7) is 2.82. The highest BCUT2D eigenvalue weighted by atomic mass is 35.5. The molecule has 2 aliphatic rings. The van der Waals surface area contributed by atoms with Crippen molar-refractivity contribution in [1.82, 2.24) is 9.80 Å². The summed E-state index contributed by atoms with van der Waals surface area (Å²) in [6.07, 6.45) is 1.68. The number of anilines is 1. The molecule has 0 N–H and O–H groups in total. The highest BCUT2D eigenvalue weighted by Gasteiger charge is 2.35. The van der Waals surface area contributed by atoms with E-state index < -0.39 is 0 Å². The van der Waals surface area contributed by atoms with Crippen LogP contribution < -0.4 is 9.64 Å². The molecule has 7 nitrogen and oxygen atoms in total. The van der Waals surface area contributed by atoms with Gasteiger partial charge >= 0.3 is 0 Å². The largest absolute Gasteiger partial charge is 0.495 e. The molecule has 3 aromatic carbocycles. The zero-order valence-electron chi connectivity index (χ0n) is 20.8. The Morgan fingerprint density at radius 3 is 2.42 bits per heavy atom. The van der Waals surface area contributed by atoms with Gasteiger partial charge in [0.15, 0.2) is 0 Å². The number of benzene rings is 3. The van der Waals surface area contributed by atoms with Crippen LogP contribution in [0.15, 0.2) is 77.7 Å². The Kier molecular flexibility index (Phi) is 7.72. The highest BCUT2D eigenvalue weighted by Crippen LogP contribution is 2.34. The van der Waals surface area contributed by atoms with Gasteiger partial charge in [0.05, 0.1) is 24.2 Å². The molecule has 194 valence electrons. The van der Waals surface area contributed by atoms with Crippen LogP contribution in [-0.2, 0) is 11.3 Å². The number of halogens is 1. The number of carbonyl (C=O) groups excluding carboxylic acids is 3. The Morgan fingerprint density at radius 2 is 1.71 bits per heavy atom. The lowest BCUT2D eigenvalue weighted by Crippen LogP contribution is -2.48. The summed E-state index contributed by atoms with van der Waals surface area (Å²) in [5.74, 6) is 0.455. The minimum Gasteiger partial charge on any atom is -0.495 e. The molecule has 0 bridgehead atoms. The van der Waals surface area contributed by atoms with Gasteiger partial charge in [0, 0.05) is 36.8 Å². The normalized spacial score (nSPS) is 16.9. The maximum Gasteiger partial charge on any atom is 0.293 e. The number of amides is 3. The second kappa shape index (κ2) is 11.3. The standard InChI is InChI=1S/C29H26ClN3O4S/c1-37-25-8-3-2-7-24(25)31-13-15-32(16-14-31)27(34)22-11-9-20(10-12-22)18-26-28(35)33(29(36)38-26)19-21-5-4-6-23(30)17-21/h2-12,17-18H,13-16,19H2,1H3/b26-18-. The number of para-hydroxylation sites is 2. The third-order valence-corrected chi connectivity index (χ3v) is 7.69. The monoisotopic (exact) mass is 547 g/mol. The van der Waals surface area contributed by atoms with E-state index in [1.54, 1.807) is 55.7 Å². The van der Waals surface area contributed by atoms with Crippen molar-refractivity contribution < 1.29 is 19.1 Å². The van der Waals surface area contributed by atoms with Crippen molar-refractivity contribution in [2.45, 2.75) is 6.54 Å². The minimum absolute atomic E-state index is 0.0296. The van der Waals surface area contributed by atoms with Crippen LogP contribution in [-0.4, -0.2) is 60.1 Å². The molecular weight excluding hydrogens is 522 g/mol. The second-order valence-electron chi connectivity index (χ2n) is 8.97. The van der Waals surface area contributed by atoms with Crippen LogP contribution in [0, 0.1) is 0 Å². The Hall–Kier alpha value is -3.75. The SMILES string of the molecule is COc1ccccc1N1CCN(C(=O)c2ccc(/C=C3\SC(=O)N(Cc4cccc(Cl)c4)C3=O)cc2)CC1. The lowest BCUT2D eigenvalue weighted by molar-refractivity contribution is -0.123. The molecule has 0 spiro atoms. The fourth-order valence-electron chi connectivity index (χ4n) is 4.55. The van der Waals surface area contributed by atoms with Crippen molar-refractivity contribution in [2.75, 3.05) is 38.2 Å². The van der Waals surface area contributed by atoms with Gasteiger partial charge in [-0.25, -0.2) is 0 Å². The van der Waals surface area contributed by atoms with Gasteiger partial charge in [-0.2, -0.15) is 0 Å². The van der Waals surface area contributed by atoms with Crippen LogP contribution >= 0.6 is 23.4 Å². The molecule has 5 rings (SSSR count). The highest BCUT2D eigenvalue weighted by molar-refractivity contribution is 8.18. The molecular formula is C29H26ClN3O4S. The lowest BCUT2D eigenvalue weighted by atomic mass is 10.1. The molecule has 3 amide bonds. The predicted octanol–water partition coefficient (Wildman–Crippen LogP) is 5.55. The Balaban J connectivity index is 1.21. The number of hydrogen-bond acceptors (Lipinski definition) is 6. The maximum absolute atomic E-state index is 13.1. The molecule has 3 aromatic rings. The second-order valence-corrected chi connectivity index (χ2v) is 10.4. The van der Waals surface area contributed by atoms with E-state index in [1.165, 1.54) is 4.90 Å². The van der Waals surface area contributed by atoms with E-state index in [0.717, 1.165) is 47.4 Å². The van der Waals surface area contributed by atoms with E-state index in [-0.39, 0.29) is 23.6 Å². The van der Waals surface area contributed by atoms with E-state index in [9.17, 15) is 14.4 Å². The first-order valence-electron chi connectivity index (χ1n) is 12.2. The van der Waals surface area contributed by atoms with Crippen molar-refractivity contribution in [3.05, 3.63) is 99.4 Å². The van der Waals surface area contributed by atoms with Gasteiger partial charge in [-0.3, -0.25) is 19.3 Å². The number of rotatable bonds is 6. The van der Waals surface area contributed by atoms with Gasteiger partial charge in [-0.1, -0.05) is 48.0 Å². The lowest BCUT2D eigenvalue weighted by Gasteiger charge is -2.36. The minimum atomic E-state index is -0.340. The molecule has 2 fully saturated rings. The number of carbonyl (C=O) groups is 3. The van der Waals surface area contributed by atoms with Gasteiger partial charge < -0.3 is 14.5 Å². The quantitative estimate of drug-likeness (QED) is 0.377. The number of thioether (sulfide) groups is 1. The maximum atomic E-state index is 13.1. The van der Waals surface area contributed by atoms with Crippen molar-refractivity contribution >= 4 is 52.2 Å². The van der Waals surface area contributed by atoms with Crippen LogP contribution in [0.5, 0.6) is 5.75 Å². The summed E-state index contributed by atoms with van der Waals surface area (Å²) in [5.41, 5.74) is 3.15. The molecule has 2 aliphatic heterocycles. The third kappa shape index (κ3) is 5.56. The summed E-state index contributed by atoms with van der Waals surface area (Å²) in [7, 11) is 1.66. The van der Waals surface area contributed by atoms with Gasteiger partial charge in [-0.05, 0) is 65.4 Å². The van der Waals surface area contributed by atoms with Crippen LogP contribution in [0.4, 0.5) is 10.5 Å². The first kappa shape index (κ1) is 25.9. The first-order valence-corrected chi connectivity index (χ1v) is 13.4. The zero-order chi connectivity index (χ0) is 26.6. The number of imide groups is 1. The van der Waals surface area contributed by atoms with Crippen LogP contribution in [0.1, 0.15) is 21.5 Å². The van der Waals surface area contributed by atoms with E-state index in [2.05, 4.69) is 4.90 Å². The number of ether oxygens (including phenoxy) is 1. The summed E-state index contributed by atoms with van der Waals surface area (Å²) in [5, 5.41) is 0.234. The molecule has 38 heavy (non-hydrogen) atoms. The zero-order valence-corrected chi connectivity index (χ0v) is 22.4. The molecule has 2 heterocycles. The number of piperazine rings is 1. The molecule has 0 saturated carbocycles. The Morgan fingerprint density at radius 1 is 0.974 bits per heavy atom. The molecule has 9 heteroatoms. The fraction of sp³-hybridized carbons (Fsp3) is 0.207. The average Bonchev–Trinajstić information content (AvgIpc) is 3.20. The van der Waals surface area contributed by atoms with Crippen LogP contribution in [0.2, 0.25) is 5.02 Å². The van der Waals surface area contributed by atoms with Crippen molar-refractivity contribution in [3.8, 4) is 5.75 Å². The van der Waals surface area contributed by atoms with E-state index in [1.807, 2.05) is 35.2 Å². The fourth-order valence-corrected chi connectivity index (χ4v) is 5.60. The summed E-state index contributed by atoms with van der Waals surface area (Å²) in [4.78, 5) is 44.1. The van der Waals surface area contributed by atoms with Gasteiger partial charge in [-0.15, -0.1) is 0 Å². The topological polar surface area (TPSA) is 70.2 Å². The summed E-state index contributed by atoms with van der Waals surface area (Å²) >= 11 is 6.94. The van der Waals surface area contributed by atoms with Crippen molar-refractivity contribution in [3.63, 3.8) is 0 Å². The molecule has 0 atom stereocenters. The van der Waals surface area contributed by atoms with Crippen LogP contribution in [0.25, 0.3) is 6.08 Å². The first-order chi connectivity index (χ1) is 18.4. The number of hydrogen-bond donors (Lipinski definition) is 0. The van der Waals surface area contributed by atoms with Crippen molar-refractivity contribution in [2.24, 2.45) is 0 Å². The molecule has 0 radical (unpaired) electrons. The Labute approximate surface area is 230 Å². The van der Waals surface area contributed by atoms with E-state index in [0.29, 0.717) is 28.6 Å². The smallest absolute Gasteiger partial charge is 0.293 e. The Bertz CT molecular complexity index is 1400. The average molecular weight is 548 g/mol. The molecule has 0 aromatic heterocycles. The predicted molar refractivity (Wildman–Crippen MR) is 151 cm³/mol. The molecule has 2 saturated heterocycles. The summed E-state index contributed by atoms with van der Waals surface area (Å²) < 4.78 is 5.47. The van der Waals surface area contributed by atoms with E-state index in [4.69, 9.17) is 16.3 Å². The number of methoxy groups -OCH3 is 1. The van der Waals surface area contributed by atoms with Crippen molar-refractivity contribution in [1.29, 1.82) is 0 Å². The molecule has 0 aliphatic carbocycles. The van der Waals surface area contributed by atoms with Gasteiger partial charge in [0.1, 0.15) is 5.75 Å². The van der Waals surface area contributed by atoms with Crippen LogP contribution in [0.3, 0.4) is 0 Å². The van der Waals surface area contributed by atoms with Gasteiger partial charge in [0.2, 0.25) is 0 Å². The van der Waals surface area contributed by atoms with E-state index >= 15 is 0 Å². The third-order valence-electron chi connectivity index (χ3n) is 6.55. The summed E-state index contributed by atoms with van der Waals surface area (Å²) in [6, 6.07) is 22.1.